The zero-order valence-corrected chi connectivity index (χ0v) is 11.8. The molecule has 0 saturated heterocycles. The zero-order chi connectivity index (χ0) is 14.9. The van der Waals surface area contributed by atoms with E-state index in [2.05, 4.69) is 15.9 Å². The molecule has 0 spiro atoms. The largest absolute Gasteiger partial charge is 0.477 e. The summed E-state index contributed by atoms with van der Waals surface area (Å²) in [6.45, 7) is 1.61. The highest BCUT2D eigenvalue weighted by Gasteiger charge is 2.14. The van der Waals surface area contributed by atoms with Crippen molar-refractivity contribution < 1.29 is 23.8 Å². The lowest BCUT2D eigenvalue weighted by molar-refractivity contribution is -0.133. The minimum atomic E-state index is -1.36. The van der Waals surface area contributed by atoms with Gasteiger partial charge in [-0.15, -0.1) is 0 Å². The molecule has 0 aliphatic carbocycles. The van der Waals surface area contributed by atoms with Gasteiger partial charge in [-0.05, 0) is 25.1 Å². The lowest BCUT2D eigenvalue weighted by atomic mass is 10.2. The quantitative estimate of drug-likeness (QED) is 0.398. The van der Waals surface area contributed by atoms with E-state index in [1.165, 1.54) is 24.3 Å². The van der Waals surface area contributed by atoms with Crippen molar-refractivity contribution in [2.75, 3.05) is 0 Å². The topological polar surface area (TPSA) is 93.8 Å². The molecule has 1 aromatic heterocycles. The van der Waals surface area contributed by atoms with Crippen LogP contribution in [0, 0.1) is 0 Å². The Kier molecular flexibility index (Phi) is 3.89. The summed E-state index contributed by atoms with van der Waals surface area (Å²) in [6, 6.07) is 5.56. The molecule has 20 heavy (non-hydrogen) atoms. The number of carboxylic acid groups (broad SMARTS) is 1. The highest BCUT2D eigenvalue weighted by Crippen LogP contribution is 2.21. The summed E-state index contributed by atoms with van der Waals surface area (Å²) < 4.78 is 9.93. The van der Waals surface area contributed by atoms with Crippen LogP contribution in [0.5, 0.6) is 5.75 Å². The van der Waals surface area contributed by atoms with Gasteiger partial charge in [-0.1, -0.05) is 15.9 Å². The number of carbonyl (C=O) groups excluding carboxylic acids is 1. The van der Waals surface area contributed by atoms with Crippen LogP contribution in [-0.4, -0.2) is 21.9 Å². The molecule has 0 amide bonds. The first-order chi connectivity index (χ1) is 9.38. The molecule has 0 bridgehead atoms. The predicted octanol–water partition coefficient (Wildman–Crippen LogP) is 2.18. The van der Waals surface area contributed by atoms with Gasteiger partial charge in [0.1, 0.15) is 21.7 Å². The number of benzene rings is 1. The van der Waals surface area contributed by atoms with Crippen LogP contribution in [0.1, 0.15) is 17.3 Å². The van der Waals surface area contributed by atoms with Crippen molar-refractivity contribution in [2.24, 2.45) is 0 Å². The van der Waals surface area contributed by atoms with Gasteiger partial charge in [-0.25, -0.2) is 9.59 Å². The first-order valence-electron chi connectivity index (χ1n) is 5.55. The normalized spacial score (nSPS) is 12.1. The van der Waals surface area contributed by atoms with Crippen LogP contribution < -0.4 is 10.4 Å². The number of alkyl halides is 1. The Bertz CT molecular complexity index is 746. The van der Waals surface area contributed by atoms with Crippen molar-refractivity contribution in [3.63, 3.8) is 0 Å². The van der Waals surface area contributed by atoms with Crippen LogP contribution in [-0.2, 0) is 4.79 Å². The van der Waals surface area contributed by atoms with Crippen LogP contribution in [0.15, 0.2) is 33.5 Å². The van der Waals surface area contributed by atoms with Gasteiger partial charge in [-0.3, -0.25) is 4.79 Å². The van der Waals surface area contributed by atoms with Crippen LogP contribution in [0.2, 0.25) is 0 Å². The molecule has 6 nitrogen and oxygen atoms in total. The minimum Gasteiger partial charge on any atom is -0.477 e. The number of ether oxygens (including phenoxy) is 1. The Balaban J connectivity index is 2.45. The number of carboxylic acids is 1. The Hall–Kier alpha value is -2.15. The first-order valence-corrected chi connectivity index (χ1v) is 6.47. The molecule has 7 heteroatoms. The fourth-order valence-electron chi connectivity index (χ4n) is 1.50. The molecule has 1 atom stereocenters. The number of hydrogen-bond donors (Lipinski definition) is 1. The van der Waals surface area contributed by atoms with Gasteiger partial charge in [0, 0.05) is 11.5 Å². The molecule has 0 radical (unpaired) electrons. The minimum absolute atomic E-state index is 0.146. The Morgan fingerprint density at radius 3 is 2.65 bits per heavy atom. The lowest BCUT2D eigenvalue weighted by Crippen LogP contribution is -2.17. The molecule has 2 rings (SSSR count). The summed E-state index contributed by atoms with van der Waals surface area (Å²) in [5.41, 5.74) is -1.26. The van der Waals surface area contributed by atoms with Crippen molar-refractivity contribution in [2.45, 2.75) is 11.8 Å². The maximum atomic E-state index is 11.5. The molecule has 1 unspecified atom stereocenters. The summed E-state index contributed by atoms with van der Waals surface area (Å²) in [4.78, 5) is 33.2. The van der Waals surface area contributed by atoms with Crippen molar-refractivity contribution >= 4 is 38.8 Å². The van der Waals surface area contributed by atoms with Crippen molar-refractivity contribution in [3.05, 3.63) is 40.2 Å². The standard InChI is InChI=1S/C13H9BrO6/c1-6(14)12(17)19-8-3-2-7-4-9(11(15)16)13(18)20-10(7)5-8/h2-6H,1H3,(H,15,16). The predicted molar refractivity (Wildman–Crippen MR) is 73.5 cm³/mol. The van der Waals surface area contributed by atoms with Crippen LogP contribution >= 0.6 is 15.9 Å². The van der Waals surface area contributed by atoms with Gasteiger partial charge < -0.3 is 14.3 Å². The van der Waals surface area contributed by atoms with Crippen molar-refractivity contribution in [1.82, 2.24) is 0 Å². The van der Waals surface area contributed by atoms with Crippen molar-refractivity contribution in [3.8, 4) is 5.75 Å². The third kappa shape index (κ3) is 2.88. The second kappa shape index (κ2) is 5.46. The highest BCUT2D eigenvalue weighted by atomic mass is 79.9. The molecular weight excluding hydrogens is 332 g/mol. The van der Waals surface area contributed by atoms with Crippen LogP contribution in [0.3, 0.4) is 0 Å². The number of hydrogen-bond acceptors (Lipinski definition) is 5. The molecule has 0 aliphatic heterocycles. The number of esters is 1. The fraction of sp³-hybridized carbons (Fsp3) is 0.154. The maximum absolute atomic E-state index is 11.5. The van der Waals surface area contributed by atoms with E-state index in [9.17, 15) is 14.4 Å². The van der Waals surface area contributed by atoms with E-state index in [0.29, 0.717) is 5.39 Å². The van der Waals surface area contributed by atoms with Gasteiger partial charge >= 0.3 is 17.6 Å². The molecule has 0 saturated carbocycles. The van der Waals surface area contributed by atoms with Gasteiger partial charge in [-0.2, -0.15) is 0 Å². The Morgan fingerprint density at radius 2 is 2.05 bits per heavy atom. The van der Waals surface area contributed by atoms with Gasteiger partial charge in [0.05, 0.1) is 0 Å². The van der Waals surface area contributed by atoms with E-state index in [1.807, 2.05) is 0 Å². The summed E-state index contributed by atoms with van der Waals surface area (Å²) in [5.74, 6) is -1.64. The van der Waals surface area contributed by atoms with E-state index >= 15 is 0 Å². The van der Waals surface area contributed by atoms with E-state index < -0.39 is 28.0 Å². The Morgan fingerprint density at radius 1 is 1.35 bits per heavy atom. The molecule has 2 aromatic rings. The second-order valence-electron chi connectivity index (χ2n) is 3.99. The van der Waals surface area contributed by atoms with E-state index in [4.69, 9.17) is 14.3 Å². The smallest absolute Gasteiger partial charge is 0.351 e. The maximum Gasteiger partial charge on any atom is 0.351 e. The van der Waals surface area contributed by atoms with E-state index in [0.717, 1.165) is 0 Å². The van der Waals surface area contributed by atoms with E-state index in [1.54, 1.807) is 6.92 Å². The first kappa shape index (κ1) is 14.3. The Labute approximate surface area is 121 Å². The number of halogens is 1. The van der Waals surface area contributed by atoms with Crippen LogP contribution in [0.25, 0.3) is 11.0 Å². The molecule has 0 aliphatic rings. The van der Waals surface area contributed by atoms with Gasteiger partial charge in [0.2, 0.25) is 0 Å². The molecule has 104 valence electrons. The third-order valence-electron chi connectivity index (χ3n) is 2.48. The summed E-state index contributed by atoms with van der Waals surface area (Å²) in [5, 5.41) is 9.25. The number of rotatable bonds is 3. The fourth-order valence-corrected chi connectivity index (χ4v) is 1.59. The summed E-state index contributed by atoms with van der Waals surface area (Å²) >= 11 is 3.07. The van der Waals surface area contributed by atoms with Gasteiger partial charge in [0.25, 0.3) is 0 Å². The summed E-state index contributed by atoms with van der Waals surface area (Å²) in [6.07, 6.45) is 0. The van der Waals surface area contributed by atoms with Crippen molar-refractivity contribution in [1.29, 1.82) is 0 Å². The number of carbonyl (C=O) groups is 2. The van der Waals surface area contributed by atoms with E-state index in [-0.39, 0.29) is 11.3 Å². The molecule has 1 aromatic carbocycles. The monoisotopic (exact) mass is 340 g/mol. The third-order valence-corrected chi connectivity index (χ3v) is 2.85. The zero-order valence-electron chi connectivity index (χ0n) is 10.3. The molecule has 1 heterocycles. The van der Waals surface area contributed by atoms with Gasteiger partial charge in [0.15, 0.2) is 0 Å². The van der Waals surface area contributed by atoms with Crippen LogP contribution in [0.4, 0.5) is 0 Å². The second-order valence-corrected chi connectivity index (χ2v) is 5.36. The summed E-state index contributed by atoms with van der Waals surface area (Å²) in [7, 11) is 0. The number of aromatic carboxylic acids is 1. The average molecular weight is 341 g/mol. The number of fused-ring (bicyclic) bond motifs is 1. The molecule has 0 fully saturated rings. The SMILES string of the molecule is CC(Br)C(=O)Oc1ccc2cc(C(=O)O)c(=O)oc2c1. The molecule has 1 N–H and O–H groups in total. The highest BCUT2D eigenvalue weighted by molar-refractivity contribution is 9.10. The molecular formula is C13H9BrO6. The average Bonchev–Trinajstić information content (AvgIpc) is 2.37. The lowest BCUT2D eigenvalue weighted by Gasteiger charge is -2.06.